The van der Waals surface area contributed by atoms with Crippen LogP contribution in [0.4, 0.5) is 15.2 Å². The van der Waals surface area contributed by atoms with Crippen molar-refractivity contribution in [3.05, 3.63) is 123 Å². The van der Waals surface area contributed by atoms with Gasteiger partial charge in [0, 0.05) is 22.2 Å². The van der Waals surface area contributed by atoms with Crippen LogP contribution in [0.2, 0.25) is 0 Å². The number of carbonyl (C=O) groups excluding carboxylic acids is 1. The molecule has 0 fully saturated rings. The van der Waals surface area contributed by atoms with Crippen LogP contribution >= 0.6 is 27.3 Å². The molecule has 1 heterocycles. The monoisotopic (exact) mass is 644 g/mol. The minimum absolute atomic E-state index is 0.242. The van der Waals surface area contributed by atoms with E-state index in [9.17, 15) is 9.18 Å². The van der Waals surface area contributed by atoms with Crippen LogP contribution in [0.3, 0.4) is 0 Å². The van der Waals surface area contributed by atoms with Crippen LogP contribution in [-0.2, 0) is 6.61 Å². The van der Waals surface area contributed by atoms with Gasteiger partial charge in [0.1, 0.15) is 12.4 Å². The third-order valence-electron chi connectivity index (χ3n) is 6.18. The van der Waals surface area contributed by atoms with E-state index in [2.05, 4.69) is 36.8 Å². The molecule has 4 aromatic carbocycles. The molecule has 0 aliphatic carbocycles. The molecule has 0 aliphatic rings. The number of ether oxygens (including phenoxy) is 2. The molecule has 0 bridgehead atoms. The summed E-state index contributed by atoms with van der Waals surface area (Å²) in [6.07, 6.45) is 1.52. The zero-order valence-electron chi connectivity index (χ0n) is 22.7. The third-order valence-corrected chi connectivity index (χ3v) is 7.52. The Hall–Kier alpha value is -4.54. The van der Waals surface area contributed by atoms with Gasteiger partial charge >= 0.3 is 0 Å². The Balaban J connectivity index is 1.18. The van der Waals surface area contributed by atoms with Gasteiger partial charge in [0.25, 0.3) is 5.91 Å². The van der Waals surface area contributed by atoms with Crippen molar-refractivity contribution in [2.75, 3.05) is 12.4 Å². The first-order chi connectivity index (χ1) is 20.4. The van der Waals surface area contributed by atoms with E-state index in [4.69, 9.17) is 9.47 Å². The highest BCUT2D eigenvalue weighted by Gasteiger charge is 2.12. The lowest BCUT2D eigenvalue weighted by atomic mass is 10.1. The fraction of sp³-hybridized carbons (Fsp3) is 0.0938. The molecule has 7 nitrogen and oxygen atoms in total. The zero-order chi connectivity index (χ0) is 29.5. The van der Waals surface area contributed by atoms with Crippen molar-refractivity contribution in [3.63, 3.8) is 0 Å². The Morgan fingerprint density at radius 2 is 1.79 bits per heavy atom. The summed E-state index contributed by atoms with van der Waals surface area (Å²) in [7, 11) is 1.53. The number of aromatic nitrogens is 1. The topological polar surface area (TPSA) is 84.8 Å². The molecule has 5 rings (SSSR count). The van der Waals surface area contributed by atoms with Gasteiger partial charge < -0.3 is 14.8 Å². The van der Waals surface area contributed by atoms with Crippen molar-refractivity contribution in [3.8, 4) is 22.8 Å². The molecule has 212 valence electrons. The predicted molar refractivity (Wildman–Crippen MR) is 168 cm³/mol. The average Bonchev–Trinajstić information content (AvgIpc) is 3.47. The van der Waals surface area contributed by atoms with Crippen LogP contribution in [0.25, 0.3) is 11.3 Å². The van der Waals surface area contributed by atoms with E-state index in [1.807, 2.05) is 48.7 Å². The van der Waals surface area contributed by atoms with E-state index in [0.29, 0.717) is 27.1 Å². The first-order valence-corrected chi connectivity index (χ1v) is 14.5. The van der Waals surface area contributed by atoms with Gasteiger partial charge in [0.15, 0.2) is 16.6 Å². The number of hydrogen-bond donors (Lipinski definition) is 2. The second kappa shape index (κ2) is 13.4. The molecule has 0 radical (unpaired) electrons. The van der Waals surface area contributed by atoms with Gasteiger partial charge in [-0.1, -0.05) is 42.0 Å². The molecule has 0 aliphatic heterocycles. The molecular formula is C32H26BrFN4O3S. The minimum atomic E-state index is -0.344. The standard InChI is InChI=1S/C32H26BrFN4O3S/c1-20-3-13-26(14-4-20)36-32-37-28(19-42-32)23-7-9-24(10-8-23)31(39)38-35-17-22-15-27(33)30(29(16-22)40-2)41-18-21-5-11-25(34)12-6-21/h3-17,19H,18H2,1-2H3,(H,36,37)(H,38,39)/b35-17-. The first kappa shape index (κ1) is 29.0. The number of benzene rings is 4. The molecule has 0 spiro atoms. The van der Waals surface area contributed by atoms with Gasteiger partial charge in [-0.05, 0) is 82.5 Å². The fourth-order valence-electron chi connectivity index (χ4n) is 3.94. The predicted octanol–water partition coefficient (Wildman–Crippen LogP) is 8.12. The van der Waals surface area contributed by atoms with E-state index in [1.54, 1.807) is 36.4 Å². The molecule has 10 heteroatoms. The second-order valence-corrected chi connectivity index (χ2v) is 11.0. The number of halogens is 2. The smallest absolute Gasteiger partial charge is 0.271 e. The van der Waals surface area contributed by atoms with Crippen molar-refractivity contribution in [2.24, 2.45) is 5.10 Å². The highest BCUT2D eigenvalue weighted by atomic mass is 79.9. The normalized spacial score (nSPS) is 11.0. The molecule has 1 aromatic heterocycles. The quantitative estimate of drug-likeness (QED) is 0.118. The van der Waals surface area contributed by atoms with Crippen LogP contribution < -0.4 is 20.2 Å². The van der Waals surface area contributed by atoms with E-state index in [-0.39, 0.29) is 18.3 Å². The summed E-state index contributed by atoms with van der Waals surface area (Å²) < 4.78 is 25.2. The summed E-state index contributed by atoms with van der Waals surface area (Å²) in [5.41, 5.74) is 8.42. The Labute approximate surface area is 255 Å². The Morgan fingerprint density at radius 1 is 1.05 bits per heavy atom. The van der Waals surface area contributed by atoms with Gasteiger partial charge in [-0.15, -0.1) is 11.3 Å². The van der Waals surface area contributed by atoms with Gasteiger partial charge in [-0.2, -0.15) is 5.10 Å². The zero-order valence-corrected chi connectivity index (χ0v) is 25.1. The van der Waals surface area contributed by atoms with Crippen LogP contribution in [0, 0.1) is 12.7 Å². The number of aryl methyl sites for hydroxylation is 1. The molecular weight excluding hydrogens is 619 g/mol. The maximum absolute atomic E-state index is 13.2. The maximum Gasteiger partial charge on any atom is 0.271 e. The van der Waals surface area contributed by atoms with Crippen molar-refractivity contribution < 1.29 is 18.7 Å². The lowest BCUT2D eigenvalue weighted by Gasteiger charge is -2.13. The largest absolute Gasteiger partial charge is 0.493 e. The highest BCUT2D eigenvalue weighted by Crippen LogP contribution is 2.37. The van der Waals surface area contributed by atoms with Crippen molar-refractivity contribution in [1.82, 2.24) is 10.4 Å². The molecule has 0 atom stereocenters. The van der Waals surface area contributed by atoms with E-state index >= 15 is 0 Å². The number of thiazole rings is 1. The number of methoxy groups -OCH3 is 1. The number of nitrogens with zero attached hydrogens (tertiary/aromatic N) is 2. The summed E-state index contributed by atoms with van der Waals surface area (Å²) in [6.45, 7) is 2.29. The van der Waals surface area contributed by atoms with E-state index < -0.39 is 0 Å². The SMILES string of the molecule is COc1cc(/C=N\NC(=O)c2ccc(-c3csc(Nc4ccc(C)cc4)n3)cc2)cc(Br)c1OCc1ccc(F)cc1. The number of rotatable bonds is 10. The van der Waals surface area contributed by atoms with Gasteiger partial charge in [-0.3, -0.25) is 4.79 Å². The fourth-order valence-corrected chi connectivity index (χ4v) is 5.25. The van der Waals surface area contributed by atoms with E-state index in [0.717, 1.165) is 27.6 Å². The van der Waals surface area contributed by atoms with Crippen LogP contribution in [0.5, 0.6) is 11.5 Å². The van der Waals surface area contributed by atoms with Gasteiger partial charge in [-0.25, -0.2) is 14.8 Å². The van der Waals surface area contributed by atoms with E-state index in [1.165, 1.54) is 42.4 Å². The number of hydrogen-bond acceptors (Lipinski definition) is 7. The number of hydrazone groups is 1. The molecule has 42 heavy (non-hydrogen) atoms. The number of amides is 1. The van der Waals surface area contributed by atoms with Crippen molar-refractivity contribution in [1.29, 1.82) is 0 Å². The second-order valence-electron chi connectivity index (χ2n) is 9.25. The number of carbonyl (C=O) groups is 1. The molecule has 0 saturated heterocycles. The summed E-state index contributed by atoms with van der Waals surface area (Å²) in [5.74, 6) is 0.334. The number of anilines is 2. The third kappa shape index (κ3) is 7.39. The molecule has 0 unspecified atom stereocenters. The number of nitrogens with one attached hydrogen (secondary N) is 2. The Morgan fingerprint density at radius 3 is 2.50 bits per heavy atom. The Bertz CT molecular complexity index is 1710. The summed E-state index contributed by atoms with van der Waals surface area (Å²) in [6, 6.07) is 24.9. The minimum Gasteiger partial charge on any atom is -0.493 e. The van der Waals surface area contributed by atoms with Crippen LogP contribution in [-0.4, -0.2) is 24.2 Å². The summed E-state index contributed by atoms with van der Waals surface area (Å²) in [4.78, 5) is 17.3. The molecule has 0 saturated carbocycles. The molecule has 2 N–H and O–H groups in total. The van der Waals surface area contributed by atoms with Crippen LogP contribution in [0.15, 0.2) is 99.9 Å². The van der Waals surface area contributed by atoms with Crippen LogP contribution in [0.1, 0.15) is 27.0 Å². The van der Waals surface area contributed by atoms with Crippen molar-refractivity contribution in [2.45, 2.75) is 13.5 Å². The lowest BCUT2D eigenvalue weighted by Crippen LogP contribution is -2.17. The van der Waals surface area contributed by atoms with Crippen molar-refractivity contribution >= 4 is 50.2 Å². The highest BCUT2D eigenvalue weighted by molar-refractivity contribution is 9.10. The molecule has 1 amide bonds. The maximum atomic E-state index is 13.2. The molecule has 5 aromatic rings. The van der Waals surface area contributed by atoms with Gasteiger partial charge in [0.05, 0.1) is 23.5 Å². The lowest BCUT2D eigenvalue weighted by molar-refractivity contribution is 0.0955. The summed E-state index contributed by atoms with van der Waals surface area (Å²) >= 11 is 5.02. The Kier molecular flexibility index (Phi) is 9.25. The average molecular weight is 646 g/mol. The first-order valence-electron chi connectivity index (χ1n) is 12.9. The van der Waals surface area contributed by atoms with Gasteiger partial charge in [0.2, 0.25) is 0 Å². The summed E-state index contributed by atoms with van der Waals surface area (Å²) in [5, 5.41) is 10.2.